The number of benzene rings is 1. The van der Waals surface area contributed by atoms with Crippen molar-refractivity contribution in [3.63, 3.8) is 0 Å². The number of carbonyl (C=O) groups is 2. The molecule has 0 saturated carbocycles. The Bertz CT molecular complexity index is 815. The first-order valence-corrected chi connectivity index (χ1v) is 8.41. The Morgan fingerprint density at radius 3 is 2.46 bits per heavy atom. The molecule has 0 unspecified atom stereocenters. The van der Waals surface area contributed by atoms with E-state index in [1.54, 1.807) is 36.6 Å². The molecule has 2 aromatic rings. The number of anilines is 1. The van der Waals surface area contributed by atoms with Gasteiger partial charge < -0.3 is 10.6 Å². The fraction of sp³-hybridized carbons (Fsp3) is 0.353. The molecule has 2 rings (SSSR count). The number of aryl methyl sites for hydroxylation is 1. The highest BCUT2D eigenvalue weighted by atomic mass is 32.1. The molecule has 0 bridgehead atoms. The van der Waals surface area contributed by atoms with E-state index in [0.29, 0.717) is 11.3 Å². The highest BCUT2D eigenvalue weighted by molar-refractivity contribution is 7.07. The average Bonchev–Trinajstić information content (AvgIpc) is 2.78. The van der Waals surface area contributed by atoms with Crippen molar-refractivity contribution in [2.75, 3.05) is 5.32 Å². The summed E-state index contributed by atoms with van der Waals surface area (Å²) in [6.45, 7) is 7.35. The summed E-state index contributed by atoms with van der Waals surface area (Å²) >= 11 is 1.06. The van der Waals surface area contributed by atoms with Gasteiger partial charge in [-0.05, 0) is 39.8 Å². The number of aromatic nitrogens is 1. The van der Waals surface area contributed by atoms with E-state index >= 15 is 0 Å². The van der Waals surface area contributed by atoms with Crippen molar-refractivity contribution in [2.45, 2.75) is 39.8 Å². The van der Waals surface area contributed by atoms with E-state index in [2.05, 4.69) is 10.6 Å². The third kappa shape index (κ3) is 4.55. The van der Waals surface area contributed by atoms with Gasteiger partial charge in [-0.25, -0.2) is 0 Å². The maximum Gasteiger partial charge on any atom is 0.307 e. The highest BCUT2D eigenvalue weighted by Crippen LogP contribution is 2.16. The standard InChI is InChI=1S/C17H21N3O3S/c1-11-10-24-16(23)20(11)9-14(21)18-13-8-6-5-7-12(13)15(22)19-17(2,3)4/h5-8,10H,9H2,1-4H3,(H,18,21)(H,19,22). The molecule has 0 fully saturated rings. The van der Waals surface area contributed by atoms with Crippen LogP contribution in [0.3, 0.4) is 0 Å². The Kier molecular flexibility index (Phi) is 5.23. The normalized spacial score (nSPS) is 11.2. The summed E-state index contributed by atoms with van der Waals surface area (Å²) < 4.78 is 1.40. The summed E-state index contributed by atoms with van der Waals surface area (Å²) in [5.41, 5.74) is 1.16. The molecule has 7 heteroatoms. The zero-order valence-corrected chi connectivity index (χ0v) is 15.0. The minimum absolute atomic E-state index is 0.0800. The third-order valence-corrected chi connectivity index (χ3v) is 4.09. The van der Waals surface area contributed by atoms with Crippen LogP contribution in [0.1, 0.15) is 36.8 Å². The van der Waals surface area contributed by atoms with Crippen LogP contribution >= 0.6 is 11.3 Å². The van der Waals surface area contributed by atoms with Gasteiger partial charge in [-0.15, -0.1) is 0 Å². The molecule has 1 heterocycles. The number of hydrogen-bond donors (Lipinski definition) is 2. The lowest BCUT2D eigenvalue weighted by molar-refractivity contribution is -0.116. The summed E-state index contributed by atoms with van der Waals surface area (Å²) in [6.07, 6.45) is 0. The van der Waals surface area contributed by atoms with Gasteiger partial charge in [0, 0.05) is 16.6 Å². The Morgan fingerprint density at radius 2 is 1.88 bits per heavy atom. The van der Waals surface area contributed by atoms with E-state index in [1.165, 1.54) is 4.57 Å². The van der Waals surface area contributed by atoms with Crippen molar-refractivity contribution in [3.8, 4) is 0 Å². The molecule has 0 atom stereocenters. The van der Waals surface area contributed by atoms with Crippen molar-refractivity contribution < 1.29 is 9.59 Å². The zero-order valence-electron chi connectivity index (χ0n) is 14.2. The second kappa shape index (κ2) is 7.00. The lowest BCUT2D eigenvalue weighted by Crippen LogP contribution is -2.41. The minimum atomic E-state index is -0.380. The number of thiazole rings is 1. The summed E-state index contributed by atoms with van der Waals surface area (Å²) in [6, 6.07) is 6.80. The molecule has 24 heavy (non-hydrogen) atoms. The van der Waals surface area contributed by atoms with Crippen LogP contribution in [0.5, 0.6) is 0 Å². The lowest BCUT2D eigenvalue weighted by Gasteiger charge is -2.21. The summed E-state index contributed by atoms with van der Waals surface area (Å²) in [7, 11) is 0. The fourth-order valence-corrected chi connectivity index (χ4v) is 2.86. The van der Waals surface area contributed by atoms with E-state index in [0.717, 1.165) is 17.0 Å². The summed E-state index contributed by atoms with van der Waals surface area (Å²) in [5.74, 6) is -0.614. The van der Waals surface area contributed by atoms with Crippen molar-refractivity contribution in [3.05, 3.63) is 50.6 Å². The molecule has 1 aromatic heterocycles. The van der Waals surface area contributed by atoms with Crippen LogP contribution in [0.4, 0.5) is 5.69 Å². The molecular weight excluding hydrogens is 326 g/mol. The van der Waals surface area contributed by atoms with Gasteiger partial charge in [0.2, 0.25) is 5.91 Å². The summed E-state index contributed by atoms with van der Waals surface area (Å²) in [4.78, 5) is 36.1. The number of para-hydroxylation sites is 1. The molecule has 6 nitrogen and oxygen atoms in total. The van der Waals surface area contributed by atoms with Gasteiger partial charge in [-0.3, -0.25) is 19.0 Å². The smallest absolute Gasteiger partial charge is 0.307 e. The van der Waals surface area contributed by atoms with Crippen LogP contribution in [0, 0.1) is 6.92 Å². The first-order valence-electron chi connectivity index (χ1n) is 7.54. The van der Waals surface area contributed by atoms with Crippen LogP contribution in [0.25, 0.3) is 0 Å². The SMILES string of the molecule is Cc1csc(=O)n1CC(=O)Nc1ccccc1C(=O)NC(C)(C)C. The topological polar surface area (TPSA) is 80.2 Å². The number of nitrogens with zero attached hydrogens (tertiary/aromatic N) is 1. The van der Waals surface area contributed by atoms with E-state index in [1.807, 2.05) is 20.8 Å². The van der Waals surface area contributed by atoms with Gasteiger partial charge in [0.25, 0.3) is 5.91 Å². The molecule has 2 N–H and O–H groups in total. The minimum Gasteiger partial charge on any atom is -0.347 e. The number of hydrogen-bond acceptors (Lipinski definition) is 4. The molecule has 128 valence electrons. The number of nitrogens with one attached hydrogen (secondary N) is 2. The van der Waals surface area contributed by atoms with Crippen LogP contribution in [0.15, 0.2) is 34.4 Å². The van der Waals surface area contributed by atoms with Crippen molar-refractivity contribution in [1.82, 2.24) is 9.88 Å². The van der Waals surface area contributed by atoms with Gasteiger partial charge in [0.15, 0.2) is 0 Å². The maximum atomic E-state index is 12.4. The molecule has 2 amide bonds. The van der Waals surface area contributed by atoms with Gasteiger partial charge in [0.1, 0.15) is 6.54 Å². The van der Waals surface area contributed by atoms with Crippen LogP contribution in [-0.4, -0.2) is 21.9 Å². The molecule has 0 saturated heterocycles. The Hall–Kier alpha value is -2.41. The van der Waals surface area contributed by atoms with E-state index in [-0.39, 0.29) is 28.8 Å². The first kappa shape index (κ1) is 17.9. The molecule has 0 radical (unpaired) electrons. The zero-order chi connectivity index (χ0) is 17.9. The monoisotopic (exact) mass is 347 g/mol. The van der Waals surface area contributed by atoms with E-state index < -0.39 is 0 Å². The Balaban J connectivity index is 2.17. The van der Waals surface area contributed by atoms with Crippen LogP contribution < -0.4 is 15.5 Å². The second-order valence-electron chi connectivity index (χ2n) is 6.53. The Morgan fingerprint density at radius 1 is 1.21 bits per heavy atom. The van der Waals surface area contributed by atoms with E-state index in [9.17, 15) is 14.4 Å². The highest BCUT2D eigenvalue weighted by Gasteiger charge is 2.19. The molecular formula is C17H21N3O3S. The molecule has 0 spiro atoms. The molecule has 0 aliphatic heterocycles. The van der Waals surface area contributed by atoms with Crippen molar-refractivity contribution in [2.24, 2.45) is 0 Å². The van der Waals surface area contributed by atoms with Gasteiger partial charge in [-0.1, -0.05) is 23.5 Å². The van der Waals surface area contributed by atoms with E-state index in [4.69, 9.17) is 0 Å². The first-order chi connectivity index (χ1) is 11.2. The van der Waals surface area contributed by atoms with Crippen molar-refractivity contribution in [1.29, 1.82) is 0 Å². The van der Waals surface area contributed by atoms with Crippen molar-refractivity contribution >= 4 is 28.8 Å². The Labute approximate surface area is 144 Å². The quantitative estimate of drug-likeness (QED) is 0.891. The number of carbonyl (C=O) groups excluding carboxylic acids is 2. The summed E-state index contributed by atoms with van der Waals surface area (Å²) in [5, 5.41) is 7.29. The fourth-order valence-electron chi connectivity index (χ4n) is 2.13. The second-order valence-corrected chi connectivity index (χ2v) is 7.35. The predicted molar refractivity (Wildman–Crippen MR) is 95.6 cm³/mol. The molecule has 1 aromatic carbocycles. The van der Waals surface area contributed by atoms with Crippen LogP contribution in [0.2, 0.25) is 0 Å². The number of rotatable bonds is 4. The largest absolute Gasteiger partial charge is 0.347 e. The molecule has 0 aliphatic rings. The van der Waals surface area contributed by atoms with Gasteiger partial charge in [-0.2, -0.15) is 0 Å². The predicted octanol–water partition coefficient (Wildman–Crippen LogP) is 2.39. The third-order valence-electron chi connectivity index (χ3n) is 3.21. The van der Waals surface area contributed by atoms with Crippen LogP contribution in [-0.2, 0) is 11.3 Å². The number of amides is 2. The maximum absolute atomic E-state index is 12.4. The average molecular weight is 347 g/mol. The lowest BCUT2D eigenvalue weighted by atomic mass is 10.1. The van der Waals surface area contributed by atoms with Gasteiger partial charge >= 0.3 is 4.87 Å². The molecule has 0 aliphatic carbocycles. The van der Waals surface area contributed by atoms with Gasteiger partial charge in [0.05, 0.1) is 11.3 Å².